The van der Waals surface area contributed by atoms with Crippen LogP contribution in [0.5, 0.6) is 5.75 Å². The van der Waals surface area contributed by atoms with Gasteiger partial charge in [0.1, 0.15) is 23.7 Å². The molecule has 0 fully saturated rings. The van der Waals surface area contributed by atoms with Crippen LogP contribution in [0, 0.1) is 6.92 Å². The van der Waals surface area contributed by atoms with Crippen LogP contribution in [0.4, 0.5) is 5.69 Å². The highest BCUT2D eigenvalue weighted by Gasteiger charge is 2.17. The minimum absolute atomic E-state index is 0.239. The van der Waals surface area contributed by atoms with Crippen molar-refractivity contribution in [1.29, 1.82) is 0 Å². The van der Waals surface area contributed by atoms with Gasteiger partial charge in [0, 0.05) is 30.1 Å². The molecule has 2 aromatic carbocycles. The van der Waals surface area contributed by atoms with Crippen LogP contribution >= 0.6 is 0 Å². The summed E-state index contributed by atoms with van der Waals surface area (Å²) in [6.07, 6.45) is 3.37. The number of hydrogen-bond acceptors (Lipinski definition) is 5. The highest BCUT2D eigenvalue weighted by molar-refractivity contribution is 6.09. The van der Waals surface area contributed by atoms with Crippen molar-refractivity contribution in [3.8, 4) is 5.75 Å². The first-order valence-electron chi connectivity index (χ1n) is 10.1. The maximum absolute atomic E-state index is 11.4. The number of aryl methyl sites for hydroxylation is 1. The number of aromatic hydroxyl groups is 1. The third kappa shape index (κ3) is 5.35. The lowest BCUT2D eigenvalue weighted by atomic mass is 9.94. The van der Waals surface area contributed by atoms with Gasteiger partial charge in [-0.15, -0.1) is 0 Å². The molecule has 0 bridgehead atoms. The molecule has 0 spiro atoms. The van der Waals surface area contributed by atoms with E-state index in [-0.39, 0.29) is 17.5 Å². The number of carbonyl (C=O) groups is 1. The minimum Gasteiger partial charge on any atom is -0.508 e. The van der Waals surface area contributed by atoms with Crippen LogP contribution in [0.1, 0.15) is 43.2 Å². The summed E-state index contributed by atoms with van der Waals surface area (Å²) >= 11 is 0. The number of aldehydes is 1. The summed E-state index contributed by atoms with van der Waals surface area (Å²) in [5.41, 5.74) is 10.3. The van der Waals surface area contributed by atoms with E-state index in [9.17, 15) is 9.90 Å². The summed E-state index contributed by atoms with van der Waals surface area (Å²) in [5.74, 6) is 1.43. The largest absolute Gasteiger partial charge is 0.508 e. The van der Waals surface area contributed by atoms with E-state index in [2.05, 4.69) is 15.3 Å². The van der Waals surface area contributed by atoms with Crippen molar-refractivity contribution in [3.05, 3.63) is 70.9 Å². The standard InChI is InChI=1S/C24H28N4O2/c1-16-7-3-4-11-21(16)27-23(17(2)15-29)24(25)28-22-12-6-9-19(14-26-22)18-8-5-10-20(30)13-18/h3-5,7-8,10-11,13,15,19,27,30H,6,9,12,14H2,1-2H3,(H2,25,26,28)/b23-17-. The Morgan fingerprint density at radius 3 is 2.80 bits per heavy atom. The third-order valence-electron chi connectivity index (χ3n) is 5.27. The number of hydrogen-bond donors (Lipinski definition) is 3. The van der Waals surface area contributed by atoms with E-state index in [1.807, 2.05) is 43.3 Å². The molecule has 30 heavy (non-hydrogen) atoms. The highest BCUT2D eigenvalue weighted by atomic mass is 16.3. The second-order valence-electron chi connectivity index (χ2n) is 7.55. The minimum atomic E-state index is 0.239. The predicted octanol–water partition coefficient (Wildman–Crippen LogP) is 4.31. The molecular formula is C24H28N4O2. The zero-order chi connectivity index (χ0) is 21.5. The second kappa shape index (κ2) is 9.87. The van der Waals surface area contributed by atoms with Gasteiger partial charge < -0.3 is 16.2 Å². The Bertz CT molecular complexity index is 1010. The molecule has 156 valence electrons. The van der Waals surface area contributed by atoms with Crippen LogP contribution in [0.3, 0.4) is 0 Å². The maximum atomic E-state index is 11.4. The lowest BCUT2D eigenvalue weighted by Crippen LogP contribution is -2.24. The van der Waals surface area contributed by atoms with Gasteiger partial charge in [0.05, 0.1) is 5.70 Å². The van der Waals surface area contributed by atoms with Crippen molar-refractivity contribution in [1.82, 2.24) is 0 Å². The molecule has 1 heterocycles. The number of amidine groups is 2. The quantitative estimate of drug-likeness (QED) is 0.299. The third-order valence-corrected chi connectivity index (χ3v) is 5.27. The molecule has 4 N–H and O–H groups in total. The molecule has 1 aliphatic heterocycles. The number of rotatable bonds is 5. The Hall–Kier alpha value is -3.41. The Morgan fingerprint density at radius 1 is 1.27 bits per heavy atom. The molecule has 0 aliphatic carbocycles. The molecule has 0 aromatic heterocycles. The van der Waals surface area contributed by atoms with Crippen LogP contribution in [0.2, 0.25) is 0 Å². The number of phenolic OH excluding ortho intramolecular Hbond substituents is 1. The topological polar surface area (TPSA) is 100 Å². The molecular weight excluding hydrogens is 376 g/mol. The number of nitrogens with zero attached hydrogens (tertiary/aromatic N) is 2. The first kappa shape index (κ1) is 21.3. The van der Waals surface area contributed by atoms with E-state index in [0.29, 0.717) is 30.1 Å². The van der Waals surface area contributed by atoms with E-state index < -0.39 is 0 Å². The van der Waals surface area contributed by atoms with Crippen LogP contribution in [0.25, 0.3) is 0 Å². The number of allylic oxidation sites excluding steroid dienone is 1. The Balaban J connectivity index is 1.82. The van der Waals surface area contributed by atoms with Crippen LogP contribution in [-0.2, 0) is 4.79 Å². The summed E-state index contributed by atoms with van der Waals surface area (Å²) in [6.45, 7) is 4.29. The Kier molecular flexibility index (Phi) is 7.01. The van der Waals surface area contributed by atoms with Crippen LogP contribution in [-0.4, -0.2) is 29.6 Å². The monoisotopic (exact) mass is 404 g/mol. The van der Waals surface area contributed by atoms with E-state index >= 15 is 0 Å². The first-order valence-corrected chi connectivity index (χ1v) is 10.1. The van der Waals surface area contributed by atoms with Crippen molar-refractivity contribution in [2.24, 2.45) is 15.7 Å². The second-order valence-corrected chi connectivity index (χ2v) is 7.55. The van der Waals surface area contributed by atoms with Crippen molar-refractivity contribution in [2.75, 3.05) is 11.9 Å². The van der Waals surface area contributed by atoms with Gasteiger partial charge in [0.15, 0.2) is 0 Å². The average molecular weight is 405 g/mol. The fraction of sp³-hybridized carbons (Fsp3) is 0.292. The van der Waals surface area contributed by atoms with Crippen molar-refractivity contribution in [2.45, 2.75) is 39.0 Å². The van der Waals surface area contributed by atoms with Crippen molar-refractivity contribution < 1.29 is 9.90 Å². The van der Waals surface area contributed by atoms with E-state index in [4.69, 9.17) is 5.73 Å². The summed E-state index contributed by atoms with van der Waals surface area (Å²) in [7, 11) is 0. The molecule has 1 unspecified atom stereocenters. The number of aliphatic imine (C=N–C) groups is 2. The van der Waals surface area contributed by atoms with Gasteiger partial charge in [-0.1, -0.05) is 30.3 Å². The van der Waals surface area contributed by atoms with Crippen molar-refractivity contribution in [3.63, 3.8) is 0 Å². The van der Waals surface area contributed by atoms with Gasteiger partial charge in [0.2, 0.25) is 0 Å². The molecule has 2 aromatic rings. The van der Waals surface area contributed by atoms with Crippen molar-refractivity contribution >= 4 is 23.6 Å². The average Bonchev–Trinajstić information content (AvgIpc) is 2.98. The van der Waals surface area contributed by atoms with Crippen LogP contribution in [0.15, 0.2) is 69.8 Å². The fourth-order valence-electron chi connectivity index (χ4n) is 3.50. The van der Waals surface area contributed by atoms with E-state index in [1.54, 1.807) is 19.1 Å². The van der Waals surface area contributed by atoms with Gasteiger partial charge in [-0.05, 0) is 56.0 Å². The number of para-hydroxylation sites is 1. The molecule has 6 nitrogen and oxygen atoms in total. The molecule has 6 heteroatoms. The number of carbonyl (C=O) groups excluding carboxylic acids is 1. The van der Waals surface area contributed by atoms with Gasteiger partial charge in [0.25, 0.3) is 0 Å². The predicted molar refractivity (Wildman–Crippen MR) is 122 cm³/mol. The number of nitrogens with two attached hydrogens (primary N) is 1. The Labute approximate surface area is 177 Å². The molecule has 1 atom stereocenters. The molecule has 0 saturated carbocycles. The smallest absolute Gasteiger partial charge is 0.149 e. The summed E-state index contributed by atoms with van der Waals surface area (Å²) in [4.78, 5) is 20.7. The molecule has 1 aliphatic rings. The van der Waals surface area contributed by atoms with Gasteiger partial charge in [-0.3, -0.25) is 9.79 Å². The molecule has 0 radical (unpaired) electrons. The normalized spacial score (nSPS) is 18.1. The number of benzene rings is 2. The number of nitrogens with one attached hydrogen (secondary N) is 1. The lowest BCUT2D eigenvalue weighted by Gasteiger charge is -2.14. The van der Waals surface area contributed by atoms with Crippen LogP contribution < -0.4 is 11.1 Å². The van der Waals surface area contributed by atoms with Gasteiger partial charge >= 0.3 is 0 Å². The SMILES string of the molecule is C/C(C=O)=C(/Nc1ccccc1C)C(N)=NC1=NCC(c2cccc(O)c2)CCC1. The number of anilines is 1. The highest BCUT2D eigenvalue weighted by Crippen LogP contribution is 2.27. The zero-order valence-corrected chi connectivity index (χ0v) is 17.4. The molecule has 0 saturated heterocycles. The first-order chi connectivity index (χ1) is 14.5. The number of phenols is 1. The maximum Gasteiger partial charge on any atom is 0.149 e. The summed E-state index contributed by atoms with van der Waals surface area (Å²) in [5, 5.41) is 13.0. The summed E-state index contributed by atoms with van der Waals surface area (Å²) < 4.78 is 0. The van der Waals surface area contributed by atoms with E-state index in [1.165, 1.54) is 0 Å². The molecule has 3 rings (SSSR count). The lowest BCUT2D eigenvalue weighted by molar-refractivity contribution is -0.104. The Morgan fingerprint density at radius 2 is 2.07 bits per heavy atom. The summed E-state index contributed by atoms with van der Waals surface area (Å²) in [6, 6.07) is 15.1. The fourth-order valence-corrected chi connectivity index (χ4v) is 3.50. The van der Waals surface area contributed by atoms with Gasteiger partial charge in [-0.25, -0.2) is 4.99 Å². The van der Waals surface area contributed by atoms with Gasteiger partial charge in [-0.2, -0.15) is 0 Å². The zero-order valence-electron chi connectivity index (χ0n) is 17.4. The van der Waals surface area contributed by atoms with E-state index in [0.717, 1.165) is 35.9 Å². The molecule has 0 amide bonds.